The number of nitrogens with one attached hydrogen (secondary N) is 1. The lowest BCUT2D eigenvalue weighted by atomic mass is 10.2. The molecular formula is C14H13ClN2O2. The molecular weight excluding hydrogens is 264 g/mol. The minimum Gasteiger partial charge on any atom is -0.495 e. The smallest absolute Gasteiger partial charge is 0.255 e. The SMILES string of the molecule is COc1cc(Cl)c(NC(=O)c2ccccc2)cc1N. The number of nitrogens with two attached hydrogens (primary N) is 1. The second-order valence-corrected chi connectivity index (χ2v) is 4.30. The first-order valence-electron chi connectivity index (χ1n) is 5.61. The number of halogens is 1. The predicted molar refractivity (Wildman–Crippen MR) is 76.8 cm³/mol. The summed E-state index contributed by atoms with van der Waals surface area (Å²) in [5, 5.41) is 3.08. The van der Waals surface area contributed by atoms with Crippen molar-refractivity contribution in [1.82, 2.24) is 0 Å². The van der Waals surface area contributed by atoms with Crippen molar-refractivity contribution in [2.24, 2.45) is 0 Å². The number of hydrogen-bond acceptors (Lipinski definition) is 3. The molecule has 0 saturated carbocycles. The van der Waals surface area contributed by atoms with E-state index in [9.17, 15) is 4.79 Å². The fourth-order valence-electron chi connectivity index (χ4n) is 1.63. The number of benzene rings is 2. The molecule has 3 N–H and O–H groups in total. The number of anilines is 2. The molecule has 0 fully saturated rings. The molecule has 0 bridgehead atoms. The van der Waals surface area contributed by atoms with Crippen LogP contribution in [0.15, 0.2) is 42.5 Å². The second kappa shape index (κ2) is 5.63. The molecule has 5 heteroatoms. The van der Waals surface area contributed by atoms with E-state index in [0.717, 1.165) is 0 Å². The summed E-state index contributed by atoms with van der Waals surface area (Å²) in [6.45, 7) is 0. The normalized spacial score (nSPS) is 10.0. The molecule has 98 valence electrons. The summed E-state index contributed by atoms with van der Waals surface area (Å²) in [6, 6.07) is 12.0. The zero-order valence-corrected chi connectivity index (χ0v) is 11.1. The Morgan fingerprint density at radius 2 is 1.95 bits per heavy atom. The summed E-state index contributed by atoms with van der Waals surface area (Å²) in [6.07, 6.45) is 0. The van der Waals surface area contributed by atoms with Crippen LogP contribution < -0.4 is 15.8 Å². The zero-order chi connectivity index (χ0) is 13.8. The maximum absolute atomic E-state index is 12.0. The van der Waals surface area contributed by atoms with E-state index in [4.69, 9.17) is 22.1 Å². The lowest BCUT2D eigenvalue weighted by Crippen LogP contribution is -2.12. The third-order valence-electron chi connectivity index (χ3n) is 2.60. The van der Waals surface area contributed by atoms with Gasteiger partial charge >= 0.3 is 0 Å². The van der Waals surface area contributed by atoms with Crippen LogP contribution in [0.2, 0.25) is 5.02 Å². The topological polar surface area (TPSA) is 64.3 Å². The van der Waals surface area contributed by atoms with Gasteiger partial charge in [-0.1, -0.05) is 29.8 Å². The second-order valence-electron chi connectivity index (χ2n) is 3.89. The molecule has 0 aliphatic rings. The van der Waals surface area contributed by atoms with Crippen LogP contribution in [0.3, 0.4) is 0 Å². The highest BCUT2D eigenvalue weighted by atomic mass is 35.5. The summed E-state index contributed by atoms with van der Waals surface area (Å²) >= 11 is 6.06. The zero-order valence-electron chi connectivity index (χ0n) is 10.3. The Kier molecular flexibility index (Phi) is 3.92. The number of amides is 1. The van der Waals surface area contributed by atoms with E-state index in [1.165, 1.54) is 7.11 Å². The first-order valence-corrected chi connectivity index (χ1v) is 5.99. The van der Waals surface area contributed by atoms with E-state index >= 15 is 0 Å². The van der Waals surface area contributed by atoms with Gasteiger partial charge in [0.05, 0.1) is 23.5 Å². The Labute approximate surface area is 116 Å². The molecule has 0 radical (unpaired) electrons. The number of hydrogen-bond donors (Lipinski definition) is 2. The minimum atomic E-state index is -0.243. The van der Waals surface area contributed by atoms with E-state index in [0.29, 0.717) is 27.7 Å². The molecule has 0 atom stereocenters. The van der Waals surface area contributed by atoms with Crippen LogP contribution >= 0.6 is 11.6 Å². The Morgan fingerprint density at radius 1 is 1.26 bits per heavy atom. The van der Waals surface area contributed by atoms with E-state index < -0.39 is 0 Å². The Morgan fingerprint density at radius 3 is 2.58 bits per heavy atom. The van der Waals surface area contributed by atoms with Crippen LogP contribution in [0.5, 0.6) is 5.75 Å². The summed E-state index contributed by atoms with van der Waals surface area (Å²) in [4.78, 5) is 12.0. The highest BCUT2D eigenvalue weighted by molar-refractivity contribution is 6.34. The molecule has 1 amide bonds. The van der Waals surface area contributed by atoms with Gasteiger partial charge in [-0.05, 0) is 18.2 Å². The highest BCUT2D eigenvalue weighted by Gasteiger charge is 2.11. The first kappa shape index (κ1) is 13.2. The maximum atomic E-state index is 12.0. The molecule has 0 spiro atoms. The van der Waals surface area contributed by atoms with Gasteiger partial charge in [0, 0.05) is 11.6 Å². The van der Waals surface area contributed by atoms with Crippen LogP contribution in [-0.4, -0.2) is 13.0 Å². The summed E-state index contributed by atoms with van der Waals surface area (Å²) in [7, 11) is 1.50. The molecule has 0 unspecified atom stereocenters. The maximum Gasteiger partial charge on any atom is 0.255 e. The van der Waals surface area contributed by atoms with Crippen LogP contribution in [-0.2, 0) is 0 Å². The number of carbonyl (C=O) groups excluding carboxylic acids is 1. The Bertz CT molecular complexity index is 600. The average Bonchev–Trinajstić information content (AvgIpc) is 2.43. The number of carbonyl (C=O) groups is 1. The standard InChI is InChI=1S/C14H13ClN2O2/c1-19-13-7-10(15)12(8-11(13)16)17-14(18)9-5-3-2-4-6-9/h2-8H,16H2,1H3,(H,17,18). The molecule has 0 aliphatic heterocycles. The van der Waals surface area contributed by atoms with E-state index in [2.05, 4.69) is 5.32 Å². The first-order chi connectivity index (χ1) is 9.11. The van der Waals surface area contributed by atoms with Gasteiger partial charge in [0.1, 0.15) is 5.75 Å². The molecule has 4 nitrogen and oxygen atoms in total. The van der Waals surface area contributed by atoms with Crippen molar-refractivity contribution in [1.29, 1.82) is 0 Å². The lowest BCUT2D eigenvalue weighted by molar-refractivity contribution is 0.102. The molecule has 2 rings (SSSR count). The van der Waals surface area contributed by atoms with Gasteiger partial charge in [-0.2, -0.15) is 0 Å². The fraction of sp³-hybridized carbons (Fsp3) is 0.0714. The summed E-state index contributed by atoms with van der Waals surface area (Å²) in [5.74, 6) is 0.231. The van der Waals surface area contributed by atoms with E-state index in [-0.39, 0.29) is 5.91 Å². The van der Waals surface area contributed by atoms with Crippen molar-refractivity contribution >= 4 is 28.9 Å². The minimum absolute atomic E-state index is 0.243. The van der Waals surface area contributed by atoms with Crippen LogP contribution in [0.1, 0.15) is 10.4 Å². The van der Waals surface area contributed by atoms with Gasteiger partial charge in [-0.25, -0.2) is 0 Å². The Balaban J connectivity index is 2.25. The molecule has 19 heavy (non-hydrogen) atoms. The third kappa shape index (κ3) is 2.98. The van der Waals surface area contributed by atoms with Crippen molar-refractivity contribution in [3.8, 4) is 5.75 Å². The van der Waals surface area contributed by atoms with Crippen molar-refractivity contribution in [3.05, 3.63) is 53.1 Å². The fourth-order valence-corrected chi connectivity index (χ4v) is 1.83. The van der Waals surface area contributed by atoms with Gasteiger partial charge in [-0.15, -0.1) is 0 Å². The van der Waals surface area contributed by atoms with Crippen molar-refractivity contribution in [2.45, 2.75) is 0 Å². The molecule has 0 saturated heterocycles. The number of methoxy groups -OCH3 is 1. The van der Waals surface area contributed by atoms with Gasteiger partial charge in [0.15, 0.2) is 0 Å². The predicted octanol–water partition coefficient (Wildman–Crippen LogP) is 3.18. The van der Waals surface area contributed by atoms with Gasteiger partial charge in [-0.3, -0.25) is 4.79 Å². The third-order valence-corrected chi connectivity index (χ3v) is 2.92. The lowest BCUT2D eigenvalue weighted by Gasteiger charge is -2.11. The summed E-state index contributed by atoms with van der Waals surface area (Å²) < 4.78 is 5.05. The van der Waals surface area contributed by atoms with Crippen molar-refractivity contribution < 1.29 is 9.53 Å². The average molecular weight is 277 g/mol. The molecule has 0 aliphatic carbocycles. The van der Waals surface area contributed by atoms with Crippen LogP contribution in [0.25, 0.3) is 0 Å². The Hall–Kier alpha value is -2.20. The van der Waals surface area contributed by atoms with E-state index in [1.807, 2.05) is 6.07 Å². The molecule has 2 aromatic rings. The van der Waals surface area contributed by atoms with Crippen LogP contribution in [0.4, 0.5) is 11.4 Å². The molecule has 0 heterocycles. The van der Waals surface area contributed by atoms with E-state index in [1.54, 1.807) is 36.4 Å². The number of nitrogen functional groups attached to an aromatic ring is 1. The van der Waals surface area contributed by atoms with Gasteiger partial charge < -0.3 is 15.8 Å². The molecule has 0 aromatic heterocycles. The van der Waals surface area contributed by atoms with Crippen molar-refractivity contribution in [2.75, 3.05) is 18.2 Å². The quantitative estimate of drug-likeness (QED) is 0.846. The van der Waals surface area contributed by atoms with Gasteiger partial charge in [0.25, 0.3) is 5.91 Å². The van der Waals surface area contributed by atoms with Crippen LogP contribution in [0, 0.1) is 0 Å². The van der Waals surface area contributed by atoms with Gasteiger partial charge in [0.2, 0.25) is 0 Å². The number of ether oxygens (including phenoxy) is 1. The molecule has 2 aromatic carbocycles. The monoisotopic (exact) mass is 276 g/mol. The summed E-state index contributed by atoms with van der Waals surface area (Å²) in [5.41, 5.74) is 7.19. The number of rotatable bonds is 3. The van der Waals surface area contributed by atoms with Crippen molar-refractivity contribution in [3.63, 3.8) is 0 Å². The largest absolute Gasteiger partial charge is 0.495 e. The highest BCUT2D eigenvalue weighted by Crippen LogP contribution is 2.32.